The molecule has 144 valence electrons. The van der Waals surface area contributed by atoms with Crippen molar-refractivity contribution in [2.75, 3.05) is 7.11 Å². The van der Waals surface area contributed by atoms with E-state index in [1.54, 1.807) is 0 Å². The van der Waals surface area contributed by atoms with Crippen molar-refractivity contribution in [1.82, 2.24) is 0 Å². The summed E-state index contributed by atoms with van der Waals surface area (Å²) in [6.45, 7) is 10.3. The van der Waals surface area contributed by atoms with Crippen LogP contribution in [0.25, 0.3) is 5.76 Å². The highest BCUT2D eigenvalue weighted by atomic mass is 28.4. The van der Waals surface area contributed by atoms with Crippen molar-refractivity contribution in [2.45, 2.75) is 39.4 Å². The van der Waals surface area contributed by atoms with Gasteiger partial charge in [-0.3, -0.25) is 4.79 Å². The Hall–Kier alpha value is -2.33. The largest absolute Gasteiger partial charge is 0.544 e. The molecule has 1 atom stereocenters. The maximum atomic E-state index is 12.6. The Morgan fingerprint density at radius 2 is 1.48 bits per heavy atom. The molecule has 0 aromatic heterocycles. The van der Waals surface area contributed by atoms with Gasteiger partial charge in [-0.25, -0.2) is 0 Å². The monoisotopic (exact) mass is 382 g/mol. The minimum absolute atomic E-state index is 0.183. The second kappa shape index (κ2) is 8.57. The lowest BCUT2D eigenvalue weighted by molar-refractivity contribution is -0.151. The van der Waals surface area contributed by atoms with Crippen LogP contribution in [-0.2, 0) is 14.0 Å². The second-order valence-electron chi connectivity index (χ2n) is 8.21. The van der Waals surface area contributed by atoms with Gasteiger partial charge >= 0.3 is 5.97 Å². The van der Waals surface area contributed by atoms with E-state index in [-0.39, 0.29) is 11.9 Å². The zero-order valence-corrected chi connectivity index (χ0v) is 18.2. The van der Waals surface area contributed by atoms with Gasteiger partial charge in [-0.1, -0.05) is 60.7 Å². The van der Waals surface area contributed by atoms with Crippen LogP contribution in [0.1, 0.15) is 30.9 Å². The molecular weight excluding hydrogens is 352 g/mol. The average Bonchev–Trinajstić information content (AvgIpc) is 2.64. The molecule has 0 aliphatic carbocycles. The molecule has 0 heterocycles. The van der Waals surface area contributed by atoms with Crippen LogP contribution in [0.5, 0.6) is 0 Å². The van der Waals surface area contributed by atoms with Gasteiger partial charge in [0.15, 0.2) is 0 Å². The molecule has 4 heteroatoms. The number of hydrogen-bond acceptors (Lipinski definition) is 3. The molecule has 3 nitrogen and oxygen atoms in total. The summed E-state index contributed by atoms with van der Waals surface area (Å²) in [7, 11) is -0.413. The van der Waals surface area contributed by atoms with Gasteiger partial charge in [0.2, 0.25) is 8.32 Å². The van der Waals surface area contributed by atoms with Crippen LogP contribution in [0, 0.1) is 5.41 Å². The summed E-state index contributed by atoms with van der Waals surface area (Å²) in [5, 5.41) is 0. The van der Waals surface area contributed by atoms with E-state index in [1.807, 2.05) is 74.5 Å². The number of carbonyl (C=O) groups excluding carboxylic acids is 1. The topological polar surface area (TPSA) is 35.5 Å². The van der Waals surface area contributed by atoms with Crippen LogP contribution in [0.4, 0.5) is 0 Å². The van der Waals surface area contributed by atoms with E-state index in [2.05, 4.69) is 25.7 Å². The lowest BCUT2D eigenvalue weighted by atomic mass is 9.74. The van der Waals surface area contributed by atoms with Gasteiger partial charge < -0.3 is 9.16 Å². The van der Waals surface area contributed by atoms with Crippen LogP contribution < -0.4 is 0 Å². The van der Waals surface area contributed by atoms with Crippen molar-refractivity contribution in [1.29, 1.82) is 0 Å². The van der Waals surface area contributed by atoms with Crippen LogP contribution in [0.2, 0.25) is 19.6 Å². The molecule has 0 saturated carbocycles. The lowest BCUT2D eigenvalue weighted by Crippen LogP contribution is -2.32. The third-order valence-electron chi connectivity index (χ3n) is 4.44. The van der Waals surface area contributed by atoms with E-state index in [1.165, 1.54) is 7.11 Å². The van der Waals surface area contributed by atoms with Crippen molar-refractivity contribution in [2.24, 2.45) is 5.41 Å². The summed E-state index contributed by atoms with van der Waals surface area (Å²) in [5.41, 5.74) is 1.33. The molecule has 27 heavy (non-hydrogen) atoms. The highest BCUT2D eigenvalue weighted by Gasteiger charge is 2.38. The van der Waals surface area contributed by atoms with Crippen molar-refractivity contribution in [3.63, 3.8) is 0 Å². The van der Waals surface area contributed by atoms with Gasteiger partial charge in [0, 0.05) is 11.5 Å². The van der Waals surface area contributed by atoms with Gasteiger partial charge in [-0.2, -0.15) is 0 Å². The third-order valence-corrected chi connectivity index (χ3v) is 5.27. The van der Waals surface area contributed by atoms with Crippen molar-refractivity contribution >= 4 is 20.0 Å². The summed E-state index contributed by atoms with van der Waals surface area (Å²) >= 11 is 0. The van der Waals surface area contributed by atoms with E-state index in [0.717, 1.165) is 16.9 Å². The average molecular weight is 383 g/mol. The SMILES string of the molecule is COC(=O)C(C)(C)C(/C=C(\O[Si](C)(C)C)c1ccccc1)c1ccccc1. The molecule has 0 amide bonds. The summed E-state index contributed by atoms with van der Waals surface area (Å²) in [4.78, 5) is 12.6. The van der Waals surface area contributed by atoms with Gasteiger partial charge in [0.25, 0.3) is 0 Å². The fraction of sp³-hybridized carbons (Fsp3) is 0.348. The van der Waals surface area contributed by atoms with Crippen molar-refractivity contribution < 1.29 is 14.0 Å². The minimum atomic E-state index is -1.85. The summed E-state index contributed by atoms with van der Waals surface area (Å²) in [6, 6.07) is 20.1. The normalized spacial score (nSPS) is 13.8. The van der Waals surface area contributed by atoms with Crippen molar-refractivity contribution in [3.05, 3.63) is 77.9 Å². The third kappa shape index (κ3) is 5.57. The number of hydrogen-bond donors (Lipinski definition) is 0. The number of esters is 1. The predicted octanol–water partition coefficient (Wildman–Crippen LogP) is 5.86. The Bertz CT molecular complexity index is 774. The van der Waals surface area contributed by atoms with Gasteiger partial charge in [-0.15, -0.1) is 0 Å². The Labute approximate surface area is 164 Å². The number of benzene rings is 2. The molecule has 2 aromatic rings. The number of allylic oxidation sites excluding steroid dienone is 1. The van der Waals surface area contributed by atoms with E-state index in [4.69, 9.17) is 9.16 Å². The van der Waals surface area contributed by atoms with Crippen LogP contribution in [-0.4, -0.2) is 21.4 Å². The molecule has 0 spiro atoms. The Kier molecular flexibility index (Phi) is 6.66. The first-order valence-electron chi connectivity index (χ1n) is 9.25. The molecule has 1 unspecified atom stereocenters. The smallest absolute Gasteiger partial charge is 0.312 e. The van der Waals surface area contributed by atoms with E-state index in [9.17, 15) is 4.79 Å². The van der Waals surface area contributed by atoms with E-state index < -0.39 is 13.7 Å². The quantitative estimate of drug-likeness (QED) is 0.342. The van der Waals surface area contributed by atoms with Crippen LogP contribution >= 0.6 is 0 Å². The molecule has 0 aliphatic heterocycles. The van der Waals surface area contributed by atoms with Crippen molar-refractivity contribution in [3.8, 4) is 0 Å². The zero-order chi connectivity index (χ0) is 20.1. The fourth-order valence-corrected chi connectivity index (χ4v) is 3.89. The first kappa shape index (κ1) is 21.0. The number of carbonyl (C=O) groups is 1. The minimum Gasteiger partial charge on any atom is -0.544 e. The molecule has 0 fully saturated rings. The Morgan fingerprint density at radius 3 is 1.96 bits per heavy atom. The van der Waals surface area contributed by atoms with Gasteiger partial charge in [0.05, 0.1) is 12.5 Å². The Morgan fingerprint density at radius 1 is 0.963 bits per heavy atom. The molecular formula is C23H30O3Si. The second-order valence-corrected chi connectivity index (χ2v) is 12.6. The van der Waals surface area contributed by atoms with Crippen LogP contribution in [0.3, 0.4) is 0 Å². The molecule has 2 rings (SSSR count). The molecule has 0 radical (unpaired) electrons. The lowest BCUT2D eigenvalue weighted by Gasteiger charge is -2.32. The van der Waals surface area contributed by atoms with Crippen LogP contribution in [0.15, 0.2) is 66.7 Å². The number of methoxy groups -OCH3 is 1. The standard InChI is InChI=1S/C23H30O3Si/c1-23(2,22(24)25-3)20(18-13-9-7-10-14-18)17-21(26-27(4,5)6)19-15-11-8-12-16-19/h7-17,20H,1-6H3/b21-17-. The highest BCUT2D eigenvalue weighted by Crippen LogP contribution is 2.40. The maximum Gasteiger partial charge on any atom is 0.312 e. The Balaban J connectivity index is 2.62. The molecule has 0 saturated heterocycles. The summed E-state index contributed by atoms with van der Waals surface area (Å²) in [5.74, 6) is 0.395. The number of ether oxygens (including phenoxy) is 1. The van der Waals surface area contributed by atoms with Gasteiger partial charge in [0.1, 0.15) is 5.76 Å². The van der Waals surface area contributed by atoms with E-state index >= 15 is 0 Å². The molecule has 0 aliphatic rings. The molecule has 0 N–H and O–H groups in total. The van der Waals surface area contributed by atoms with E-state index in [0.29, 0.717) is 0 Å². The summed E-state index contributed by atoms with van der Waals surface area (Å²) < 4.78 is 11.5. The highest BCUT2D eigenvalue weighted by molar-refractivity contribution is 6.70. The summed E-state index contributed by atoms with van der Waals surface area (Å²) in [6.07, 6.45) is 2.08. The first-order valence-corrected chi connectivity index (χ1v) is 12.7. The zero-order valence-electron chi connectivity index (χ0n) is 17.2. The predicted molar refractivity (Wildman–Crippen MR) is 114 cm³/mol. The first-order chi connectivity index (χ1) is 12.6. The fourth-order valence-electron chi connectivity index (χ4n) is 3.04. The number of rotatable bonds is 7. The maximum absolute atomic E-state index is 12.6. The molecule has 2 aromatic carbocycles. The van der Waals surface area contributed by atoms with Gasteiger partial charge in [-0.05, 0) is 45.1 Å². The molecule has 0 bridgehead atoms.